The molecule has 0 aromatic carbocycles. The topological polar surface area (TPSA) is 572 Å². The minimum Gasteiger partial charge on any atom is -0.481 e. The largest absolute Gasteiger partial charge is 0.481 e. The van der Waals surface area contributed by atoms with Crippen LogP contribution in [0.2, 0.25) is 0 Å². The molecule has 0 aromatic heterocycles. The van der Waals surface area contributed by atoms with Gasteiger partial charge < -0.3 is 159 Å². The van der Waals surface area contributed by atoms with Crippen LogP contribution in [0.1, 0.15) is 170 Å². The van der Waals surface area contributed by atoms with E-state index in [1.165, 1.54) is 6.92 Å². The Kier molecular flexibility index (Phi) is 28.3. The summed E-state index contributed by atoms with van der Waals surface area (Å²) < 4.78 is 73.0. The van der Waals surface area contributed by atoms with Crippen LogP contribution in [0.25, 0.3) is 0 Å². The number of carboxylic acids is 2. The average Bonchev–Trinajstić information content (AvgIpc) is 0.669. The molecule has 10 fully saturated rings. The van der Waals surface area contributed by atoms with Crippen LogP contribution in [0.15, 0.2) is 11.6 Å². The SMILES string of the molecule is CC1O[C@@H](OC2C(O)[C@@H](NC(=O)CCCCCCCCCCC(=O)O)C(CO)O[C@@H]2OC(=O)[C@]23CCC(C)(C)CC2C2=CCC4C5(C)CC[C@H](O[C@@H]6OC(C(=O)O)[C@@H](O)[C@H](O[C@@H]7OC[C@@H](O)[C@H](O)C7O)C6O[C@@H]6OC(CO)[C@H](O)[C@H](O)C6O)[C@](C)(C=O)[C@@H]5CC[C@]4(C)[C@]2(C)CC3O)C(O)C(O)[C@H]1O[C@@H]1OC[C@@H](O)C(O)C1O. The summed E-state index contributed by atoms with van der Waals surface area (Å²) in [6, 6.07) is -1.46. The molecule has 640 valence electrons. The van der Waals surface area contributed by atoms with Crippen molar-refractivity contribution in [3.63, 3.8) is 0 Å². The summed E-state index contributed by atoms with van der Waals surface area (Å²) in [5.41, 5.74) is -5.06. The van der Waals surface area contributed by atoms with E-state index in [0.717, 1.165) is 44.0 Å². The maximum atomic E-state index is 16.1. The highest BCUT2D eigenvalue weighted by Crippen LogP contribution is 2.76. The van der Waals surface area contributed by atoms with Crippen molar-refractivity contribution >= 4 is 30.1 Å². The van der Waals surface area contributed by atoms with Crippen molar-refractivity contribution in [3.05, 3.63) is 11.6 Å². The van der Waals surface area contributed by atoms with Crippen LogP contribution < -0.4 is 5.32 Å². The first-order valence-electron chi connectivity index (χ1n) is 39.8. The van der Waals surface area contributed by atoms with E-state index in [1.807, 2.05) is 0 Å². The Labute approximate surface area is 648 Å². The number of unbranched alkanes of at least 4 members (excludes halogenated alkanes) is 7. The smallest absolute Gasteiger partial charge is 0.335 e. The highest BCUT2D eigenvalue weighted by atomic mass is 16.8. The third kappa shape index (κ3) is 17.0. The molecule has 112 heavy (non-hydrogen) atoms. The number of allylic oxidation sites excluding steroid dienone is 2. The second kappa shape index (κ2) is 35.6. The zero-order valence-corrected chi connectivity index (χ0v) is 64.5. The standard InChI is InChI=1S/C76H121NO35/c1-33-58(107-64-53(93)47(87)36(81)30-101-64)52(92)56(96)66(103-33)110-61-50(90)46(77-44(84)16-14-12-10-8-9-11-13-15-17-45(85)86)38(28-78)104-68(61)112-70(100)76-25-24-71(2,3)26-35(76)34-18-19-41-72(4)22-21-43(73(5,32-80)40(72)20-23-74(41,6)75(34,7)27-42(76)83)106-69-62(111-67-55(95)51(91)49(89)39(29-79)105-67)59(57(97)60(109-69)63(98)99)108-65-54(94)48(88)37(82)31-102-65/h18,32-33,35-43,46-62,64-69,78-79,81-83,87-97H,8-17,19-31H2,1-7H3,(H,77,84)(H,85,86)(H,98,99)/t33?,35?,36-,37-,38?,39?,40-,41?,42?,43+,46+,47?,48+,49+,50?,51+,52?,53?,54?,55?,56?,57+,58+,59+,60?,61?,62?,64+,65+,66+,67+,68-,69-,72?,73-,74+,75-,76-/m1/s1. The summed E-state index contributed by atoms with van der Waals surface area (Å²) in [7, 11) is 0. The number of aldehydes is 1. The van der Waals surface area contributed by atoms with Crippen LogP contribution in [0, 0.1) is 50.2 Å². The maximum Gasteiger partial charge on any atom is 0.335 e. The normalized spacial score (nSPS) is 48.8. The fourth-order valence-electron chi connectivity index (χ4n) is 20.9. The van der Waals surface area contributed by atoms with Crippen molar-refractivity contribution in [2.45, 2.75) is 355 Å². The number of ether oxygens (including phenoxy) is 12. The molecule has 6 heterocycles. The molecule has 36 nitrogen and oxygen atoms in total. The lowest BCUT2D eigenvalue weighted by Gasteiger charge is -2.71. The van der Waals surface area contributed by atoms with Gasteiger partial charge in [0, 0.05) is 12.8 Å². The fraction of sp³-hybridized carbons (Fsp3) is 0.908. The minimum absolute atomic E-state index is 0.00603. The number of rotatable bonds is 28. The van der Waals surface area contributed by atoms with Crippen LogP contribution >= 0.6 is 0 Å². The van der Waals surface area contributed by atoms with Gasteiger partial charge in [-0.25, -0.2) is 4.79 Å². The molecule has 6 saturated heterocycles. The number of aliphatic hydroxyl groups excluding tert-OH is 16. The zero-order valence-electron chi connectivity index (χ0n) is 64.5. The lowest BCUT2D eigenvalue weighted by atomic mass is 9.33. The highest BCUT2D eigenvalue weighted by molar-refractivity contribution is 5.80. The molecule has 6 aliphatic heterocycles. The van der Waals surface area contributed by atoms with Crippen molar-refractivity contribution in [1.82, 2.24) is 5.32 Å². The van der Waals surface area contributed by atoms with Crippen LogP contribution in [0.3, 0.4) is 0 Å². The van der Waals surface area contributed by atoms with Gasteiger partial charge in [-0.15, -0.1) is 0 Å². The third-order valence-corrected chi connectivity index (χ3v) is 27.7. The predicted molar refractivity (Wildman–Crippen MR) is 377 cm³/mol. The summed E-state index contributed by atoms with van der Waals surface area (Å²) in [4.78, 5) is 68.2. The van der Waals surface area contributed by atoms with Gasteiger partial charge in [0.2, 0.25) is 12.2 Å². The Morgan fingerprint density at radius 3 is 1.68 bits per heavy atom. The number of amides is 1. The monoisotopic (exact) mass is 1610 g/mol. The van der Waals surface area contributed by atoms with Crippen LogP contribution in [0.5, 0.6) is 0 Å². The van der Waals surface area contributed by atoms with Crippen molar-refractivity contribution in [1.29, 1.82) is 0 Å². The lowest BCUT2D eigenvalue weighted by molar-refractivity contribution is -0.391. The molecule has 1 amide bonds. The summed E-state index contributed by atoms with van der Waals surface area (Å²) >= 11 is 0. The Bertz CT molecular complexity index is 3240. The number of aliphatic hydroxyl groups is 16. The van der Waals surface area contributed by atoms with E-state index in [-0.39, 0.29) is 38.0 Å². The molecule has 19 N–H and O–H groups in total. The molecule has 17 unspecified atom stereocenters. The van der Waals surface area contributed by atoms with Crippen molar-refractivity contribution < 1.29 is 173 Å². The summed E-state index contributed by atoms with van der Waals surface area (Å²) in [5.74, 6) is -5.58. The minimum atomic E-state index is -2.23. The Morgan fingerprint density at radius 2 is 1.08 bits per heavy atom. The van der Waals surface area contributed by atoms with Gasteiger partial charge in [-0.05, 0) is 117 Å². The van der Waals surface area contributed by atoms with Gasteiger partial charge in [0.25, 0.3) is 0 Å². The number of carboxylic acid groups (broad SMARTS) is 2. The highest BCUT2D eigenvalue weighted by Gasteiger charge is 2.73. The zero-order chi connectivity index (χ0) is 81.8. The number of carbonyl (C=O) groups excluding carboxylic acids is 3. The maximum absolute atomic E-state index is 16.1. The predicted octanol–water partition coefficient (Wildman–Crippen LogP) is -2.73. The molecule has 0 spiro atoms. The molecule has 0 radical (unpaired) electrons. The molecular weight excluding hydrogens is 1490 g/mol. The van der Waals surface area contributed by atoms with Gasteiger partial charge >= 0.3 is 17.9 Å². The van der Waals surface area contributed by atoms with Crippen LogP contribution in [0.4, 0.5) is 0 Å². The first-order chi connectivity index (χ1) is 52.8. The number of carbonyl (C=O) groups is 5. The fourth-order valence-corrected chi connectivity index (χ4v) is 20.9. The van der Waals surface area contributed by atoms with Gasteiger partial charge in [-0.1, -0.05) is 91.7 Å². The number of fused-ring (bicyclic) bond motifs is 7. The lowest BCUT2D eigenvalue weighted by Crippen LogP contribution is -2.70. The second-order valence-corrected chi connectivity index (χ2v) is 35.1. The van der Waals surface area contributed by atoms with E-state index < -0.39 is 279 Å². The van der Waals surface area contributed by atoms with Gasteiger partial charge in [0.1, 0.15) is 122 Å². The second-order valence-electron chi connectivity index (χ2n) is 35.1. The Hall–Kier alpha value is -3.79. The number of aliphatic carboxylic acids is 2. The molecule has 11 rings (SSSR count). The number of hydrogen-bond donors (Lipinski definition) is 19. The number of hydrogen-bond acceptors (Lipinski definition) is 33. The van der Waals surface area contributed by atoms with E-state index >= 15 is 4.79 Å². The van der Waals surface area contributed by atoms with E-state index in [1.54, 1.807) is 6.92 Å². The van der Waals surface area contributed by atoms with E-state index in [2.05, 4.69) is 46.0 Å². The molecule has 4 saturated carbocycles. The van der Waals surface area contributed by atoms with E-state index in [0.29, 0.717) is 57.8 Å². The average molecular weight is 1610 g/mol. The molecular formula is C76H121NO35. The molecule has 0 aromatic rings. The van der Waals surface area contributed by atoms with Crippen LogP contribution in [-0.2, 0) is 80.8 Å². The summed E-state index contributed by atoms with van der Waals surface area (Å²) in [5, 5.41) is 201. The summed E-state index contributed by atoms with van der Waals surface area (Å²) in [6.45, 7) is 10.8. The molecule has 11 aliphatic rings. The first-order valence-corrected chi connectivity index (χ1v) is 39.8. The Balaban J connectivity index is 0.854. The third-order valence-electron chi connectivity index (χ3n) is 27.7. The van der Waals surface area contributed by atoms with Gasteiger partial charge in [-0.3, -0.25) is 14.4 Å². The van der Waals surface area contributed by atoms with Crippen LogP contribution in [-0.4, -0.2) is 333 Å². The van der Waals surface area contributed by atoms with Crippen molar-refractivity contribution in [2.24, 2.45) is 50.2 Å². The molecule has 36 heteroatoms. The van der Waals surface area contributed by atoms with Crippen molar-refractivity contribution in [2.75, 3.05) is 26.4 Å². The van der Waals surface area contributed by atoms with E-state index in [4.69, 9.17) is 61.9 Å². The quantitative estimate of drug-likeness (QED) is 0.0124. The number of nitrogens with one attached hydrogen (secondary N) is 1. The molecule has 5 aliphatic carbocycles. The van der Waals surface area contributed by atoms with Crippen molar-refractivity contribution in [3.8, 4) is 0 Å². The molecule has 0 bridgehead atoms. The van der Waals surface area contributed by atoms with Gasteiger partial charge in [0.15, 0.2) is 43.7 Å². The Morgan fingerprint density at radius 1 is 0.527 bits per heavy atom. The summed E-state index contributed by atoms with van der Waals surface area (Å²) in [6.07, 6.45) is -40.9. The molecule has 38 atom stereocenters. The van der Waals surface area contributed by atoms with Gasteiger partial charge in [-0.2, -0.15) is 0 Å². The number of esters is 1. The van der Waals surface area contributed by atoms with E-state index in [9.17, 15) is 106 Å². The van der Waals surface area contributed by atoms with Gasteiger partial charge in [0.05, 0.1) is 56.2 Å². The first kappa shape index (κ1) is 89.0.